The first kappa shape index (κ1) is 20.2. The number of nitrogens with zero attached hydrogens (tertiary/aromatic N) is 4. The van der Waals surface area contributed by atoms with E-state index in [2.05, 4.69) is 10.00 Å². The van der Waals surface area contributed by atoms with Crippen LogP contribution in [0.1, 0.15) is 6.92 Å². The van der Waals surface area contributed by atoms with Gasteiger partial charge in [-0.05, 0) is 37.3 Å². The smallest absolute Gasteiger partial charge is 0.409 e. The molecule has 1 amide bonds. The molecule has 1 aliphatic rings. The van der Waals surface area contributed by atoms with Crippen molar-refractivity contribution in [2.24, 2.45) is 0 Å². The van der Waals surface area contributed by atoms with E-state index in [1.807, 2.05) is 6.07 Å². The SMILES string of the molecule is CCOC(=O)N1CCN(Cn2nc(-c3ccc(OC)c(OC)c3)oc2=S)CC1. The lowest BCUT2D eigenvalue weighted by atomic mass is 10.2. The van der Waals surface area contributed by atoms with Gasteiger partial charge in [0, 0.05) is 31.7 Å². The molecule has 1 aliphatic heterocycles. The fraction of sp³-hybridized carbons (Fsp3) is 0.500. The molecule has 0 saturated carbocycles. The normalized spacial score (nSPS) is 14.8. The molecule has 2 aromatic rings. The molecule has 152 valence electrons. The summed E-state index contributed by atoms with van der Waals surface area (Å²) in [6, 6.07) is 5.42. The van der Waals surface area contributed by atoms with Crippen LogP contribution in [-0.2, 0) is 11.4 Å². The molecular weight excluding hydrogens is 384 g/mol. The molecule has 2 heterocycles. The van der Waals surface area contributed by atoms with E-state index in [4.69, 9.17) is 30.8 Å². The molecule has 0 unspecified atom stereocenters. The molecule has 0 spiro atoms. The van der Waals surface area contributed by atoms with Gasteiger partial charge in [0.05, 0.1) is 27.5 Å². The summed E-state index contributed by atoms with van der Waals surface area (Å²) in [7, 11) is 3.16. The molecule has 1 fully saturated rings. The fourth-order valence-corrected chi connectivity index (χ4v) is 3.14. The van der Waals surface area contributed by atoms with Crippen molar-refractivity contribution < 1.29 is 23.4 Å². The van der Waals surface area contributed by atoms with Crippen LogP contribution in [0.2, 0.25) is 0 Å². The van der Waals surface area contributed by atoms with Crippen LogP contribution in [0.5, 0.6) is 11.5 Å². The van der Waals surface area contributed by atoms with E-state index in [9.17, 15) is 4.79 Å². The number of benzene rings is 1. The van der Waals surface area contributed by atoms with Crippen molar-refractivity contribution in [1.82, 2.24) is 19.6 Å². The molecule has 0 N–H and O–H groups in total. The molecular formula is C18H24N4O5S. The van der Waals surface area contributed by atoms with Crippen LogP contribution in [-0.4, -0.2) is 72.7 Å². The van der Waals surface area contributed by atoms with E-state index in [0.717, 1.165) is 5.56 Å². The second kappa shape index (κ2) is 9.07. The third-order valence-electron chi connectivity index (χ3n) is 4.47. The Bertz CT molecular complexity index is 873. The summed E-state index contributed by atoms with van der Waals surface area (Å²) >= 11 is 5.32. The highest BCUT2D eigenvalue weighted by atomic mass is 32.1. The summed E-state index contributed by atoms with van der Waals surface area (Å²) in [5.74, 6) is 1.63. The number of hydrogen-bond acceptors (Lipinski definition) is 8. The van der Waals surface area contributed by atoms with Crippen LogP contribution in [0.15, 0.2) is 22.6 Å². The Hall–Kier alpha value is -2.59. The Morgan fingerprint density at radius 2 is 1.89 bits per heavy atom. The molecule has 1 saturated heterocycles. The third kappa shape index (κ3) is 4.45. The molecule has 3 rings (SSSR count). The summed E-state index contributed by atoms with van der Waals surface area (Å²) in [5.41, 5.74) is 0.745. The molecule has 0 aliphatic carbocycles. The summed E-state index contributed by atoms with van der Waals surface area (Å²) in [5, 5.41) is 4.49. The van der Waals surface area contributed by atoms with E-state index in [1.165, 1.54) is 0 Å². The Morgan fingerprint density at radius 3 is 2.54 bits per heavy atom. The number of carbonyl (C=O) groups is 1. The number of amides is 1. The van der Waals surface area contributed by atoms with Crippen LogP contribution in [0.25, 0.3) is 11.5 Å². The maximum atomic E-state index is 11.8. The van der Waals surface area contributed by atoms with Gasteiger partial charge >= 0.3 is 6.09 Å². The quantitative estimate of drug-likeness (QED) is 0.675. The van der Waals surface area contributed by atoms with Gasteiger partial charge in [-0.2, -0.15) is 0 Å². The summed E-state index contributed by atoms with van der Waals surface area (Å²) in [6.07, 6.45) is -0.268. The minimum atomic E-state index is -0.268. The first-order chi connectivity index (χ1) is 13.5. The number of aromatic nitrogens is 2. The second-order valence-electron chi connectivity index (χ2n) is 6.19. The van der Waals surface area contributed by atoms with Crippen LogP contribution >= 0.6 is 12.2 Å². The number of methoxy groups -OCH3 is 2. The monoisotopic (exact) mass is 408 g/mol. The highest BCUT2D eigenvalue weighted by Gasteiger charge is 2.23. The molecule has 0 radical (unpaired) electrons. The Kier molecular flexibility index (Phi) is 6.53. The van der Waals surface area contributed by atoms with Crippen molar-refractivity contribution in [2.45, 2.75) is 13.6 Å². The number of rotatable bonds is 6. The largest absolute Gasteiger partial charge is 0.493 e. The van der Waals surface area contributed by atoms with Crippen molar-refractivity contribution in [3.63, 3.8) is 0 Å². The average molecular weight is 408 g/mol. The summed E-state index contributed by atoms with van der Waals surface area (Å²) in [4.78, 5) is 15.9. The van der Waals surface area contributed by atoms with Gasteiger partial charge in [-0.1, -0.05) is 0 Å². The minimum absolute atomic E-state index is 0.268. The lowest BCUT2D eigenvalue weighted by Gasteiger charge is -2.33. The third-order valence-corrected chi connectivity index (χ3v) is 4.76. The zero-order chi connectivity index (χ0) is 20.1. The van der Waals surface area contributed by atoms with Crippen molar-refractivity contribution in [3.05, 3.63) is 23.0 Å². The van der Waals surface area contributed by atoms with Crippen LogP contribution in [0.3, 0.4) is 0 Å². The van der Waals surface area contributed by atoms with Gasteiger partial charge in [0.2, 0.25) is 5.89 Å². The van der Waals surface area contributed by atoms with Gasteiger partial charge in [-0.15, -0.1) is 5.10 Å². The predicted octanol–water partition coefficient (Wildman–Crippen LogP) is 2.62. The van der Waals surface area contributed by atoms with E-state index in [-0.39, 0.29) is 10.9 Å². The van der Waals surface area contributed by atoms with E-state index >= 15 is 0 Å². The lowest BCUT2D eigenvalue weighted by molar-refractivity contribution is 0.0688. The number of ether oxygens (including phenoxy) is 3. The molecule has 0 atom stereocenters. The van der Waals surface area contributed by atoms with Crippen molar-refractivity contribution in [2.75, 3.05) is 47.0 Å². The van der Waals surface area contributed by atoms with Gasteiger partial charge < -0.3 is 23.5 Å². The highest BCUT2D eigenvalue weighted by molar-refractivity contribution is 7.71. The Balaban J connectivity index is 1.67. The van der Waals surface area contributed by atoms with Gasteiger partial charge in [0.15, 0.2) is 11.5 Å². The van der Waals surface area contributed by atoms with Crippen molar-refractivity contribution in [3.8, 4) is 23.0 Å². The molecule has 1 aromatic carbocycles. The molecule has 0 bridgehead atoms. The van der Waals surface area contributed by atoms with E-state index in [1.54, 1.807) is 42.9 Å². The summed E-state index contributed by atoms with van der Waals surface area (Å²) < 4.78 is 22.9. The van der Waals surface area contributed by atoms with Crippen LogP contribution in [0.4, 0.5) is 4.79 Å². The lowest BCUT2D eigenvalue weighted by Crippen LogP contribution is -2.49. The average Bonchev–Trinajstić information content (AvgIpc) is 3.08. The van der Waals surface area contributed by atoms with Crippen molar-refractivity contribution >= 4 is 18.3 Å². The zero-order valence-electron chi connectivity index (χ0n) is 16.2. The van der Waals surface area contributed by atoms with Gasteiger partial charge in [0.1, 0.15) is 0 Å². The van der Waals surface area contributed by atoms with Gasteiger partial charge in [-0.3, -0.25) is 4.90 Å². The first-order valence-electron chi connectivity index (χ1n) is 9.00. The number of piperazine rings is 1. The topological polar surface area (TPSA) is 82.2 Å². The molecule has 9 nitrogen and oxygen atoms in total. The van der Waals surface area contributed by atoms with Crippen LogP contribution in [0, 0.1) is 4.84 Å². The summed E-state index contributed by atoms with van der Waals surface area (Å²) in [6.45, 7) is 5.30. The minimum Gasteiger partial charge on any atom is -0.493 e. The van der Waals surface area contributed by atoms with E-state index in [0.29, 0.717) is 56.8 Å². The Morgan fingerprint density at radius 1 is 1.18 bits per heavy atom. The van der Waals surface area contributed by atoms with Gasteiger partial charge in [0.25, 0.3) is 4.84 Å². The molecule has 10 heteroatoms. The molecule has 1 aromatic heterocycles. The zero-order valence-corrected chi connectivity index (χ0v) is 17.0. The van der Waals surface area contributed by atoms with Gasteiger partial charge in [-0.25, -0.2) is 9.48 Å². The maximum absolute atomic E-state index is 11.8. The van der Waals surface area contributed by atoms with Crippen LogP contribution < -0.4 is 9.47 Å². The van der Waals surface area contributed by atoms with Crippen molar-refractivity contribution in [1.29, 1.82) is 0 Å². The maximum Gasteiger partial charge on any atom is 0.409 e. The second-order valence-corrected chi connectivity index (χ2v) is 6.54. The first-order valence-corrected chi connectivity index (χ1v) is 9.41. The molecule has 28 heavy (non-hydrogen) atoms. The predicted molar refractivity (Wildman–Crippen MR) is 104 cm³/mol. The highest BCUT2D eigenvalue weighted by Crippen LogP contribution is 2.31. The Labute approximate surface area is 168 Å². The fourth-order valence-electron chi connectivity index (χ4n) is 2.96. The number of carbonyl (C=O) groups excluding carboxylic acids is 1. The van der Waals surface area contributed by atoms with E-state index < -0.39 is 0 Å². The number of hydrogen-bond donors (Lipinski definition) is 0. The standard InChI is InChI=1S/C18H24N4O5S/c1-4-26-17(23)21-9-7-20(8-10-21)12-22-18(28)27-16(19-22)13-5-6-14(24-2)15(11-13)25-3/h5-6,11H,4,7-10,12H2,1-3H3.